The summed E-state index contributed by atoms with van der Waals surface area (Å²) in [6.45, 7) is 11.5. The molecule has 0 aliphatic carbocycles. The quantitative estimate of drug-likeness (QED) is 0.335. The standard InChI is InChI=1S/C21H28N2O3/c1-8-14(2)10-9-11-15(3)21(24)23-17(5)22-18-13-20(26-7)19(25-6)12-16(18)4/h9-13H,3,8H2,1-2,4-7H3,(H,22,23,24)/b11-9-,14-10+. The van der Waals surface area contributed by atoms with Gasteiger partial charge in [0.2, 0.25) is 0 Å². The zero-order valence-corrected chi connectivity index (χ0v) is 16.5. The highest BCUT2D eigenvalue weighted by molar-refractivity contribution is 6.07. The molecule has 0 aromatic heterocycles. The first-order valence-corrected chi connectivity index (χ1v) is 8.44. The number of carbonyl (C=O) groups excluding carboxylic acids is 1. The van der Waals surface area contributed by atoms with Gasteiger partial charge in [0.15, 0.2) is 11.5 Å². The molecule has 1 rings (SSSR count). The minimum absolute atomic E-state index is 0.289. The van der Waals surface area contributed by atoms with Gasteiger partial charge in [-0.1, -0.05) is 37.3 Å². The van der Waals surface area contributed by atoms with E-state index < -0.39 is 0 Å². The van der Waals surface area contributed by atoms with Gasteiger partial charge in [-0.2, -0.15) is 0 Å². The van der Waals surface area contributed by atoms with Crippen molar-refractivity contribution in [3.8, 4) is 11.5 Å². The zero-order valence-electron chi connectivity index (χ0n) is 16.5. The Kier molecular flexibility index (Phi) is 8.35. The maximum atomic E-state index is 12.2. The van der Waals surface area contributed by atoms with Gasteiger partial charge in [0.1, 0.15) is 5.84 Å². The first-order chi connectivity index (χ1) is 12.3. The highest BCUT2D eigenvalue weighted by Gasteiger charge is 2.09. The fourth-order valence-corrected chi connectivity index (χ4v) is 2.07. The van der Waals surface area contributed by atoms with Crippen LogP contribution in [0.4, 0.5) is 5.69 Å². The van der Waals surface area contributed by atoms with E-state index in [1.54, 1.807) is 33.3 Å². The molecule has 0 spiro atoms. The van der Waals surface area contributed by atoms with Crippen LogP contribution < -0.4 is 14.8 Å². The number of allylic oxidation sites excluding steroid dienone is 3. The molecular weight excluding hydrogens is 328 g/mol. The smallest absolute Gasteiger partial charge is 0.255 e. The summed E-state index contributed by atoms with van der Waals surface area (Å²) >= 11 is 0. The van der Waals surface area contributed by atoms with Crippen molar-refractivity contribution >= 4 is 17.4 Å². The normalized spacial score (nSPS) is 12.2. The number of carbonyl (C=O) groups is 1. The van der Waals surface area contributed by atoms with E-state index in [4.69, 9.17) is 9.47 Å². The summed E-state index contributed by atoms with van der Waals surface area (Å²) in [5, 5.41) is 2.74. The van der Waals surface area contributed by atoms with Crippen molar-refractivity contribution < 1.29 is 14.3 Å². The Labute approximate surface area is 156 Å². The minimum atomic E-state index is -0.289. The van der Waals surface area contributed by atoms with E-state index >= 15 is 0 Å². The third-order valence-electron chi connectivity index (χ3n) is 3.81. The van der Waals surface area contributed by atoms with Crippen LogP contribution >= 0.6 is 0 Å². The molecule has 0 unspecified atom stereocenters. The van der Waals surface area contributed by atoms with Crippen molar-refractivity contribution in [3.05, 3.63) is 53.6 Å². The van der Waals surface area contributed by atoms with E-state index in [2.05, 4.69) is 23.8 Å². The summed E-state index contributed by atoms with van der Waals surface area (Å²) in [5.74, 6) is 1.41. The summed E-state index contributed by atoms with van der Waals surface area (Å²) in [7, 11) is 3.16. The first kappa shape index (κ1) is 21.2. The van der Waals surface area contributed by atoms with Gasteiger partial charge in [0.05, 0.1) is 19.9 Å². The number of amidine groups is 1. The van der Waals surface area contributed by atoms with Crippen molar-refractivity contribution in [1.29, 1.82) is 0 Å². The molecule has 5 nitrogen and oxygen atoms in total. The van der Waals surface area contributed by atoms with Crippen LogP contribution in [0.5, 0.6) is 11.5 Å². The number of nitrogens with one attached hydrogen (secondary N) is 1. The zero-order chi connectivity index (χ0) is 19.7. The van der Waals surface area contributed by atoms with Gasteiger partial charge in [0.25, 0.3) is 5.91 Å². The van der Waals surface area contributed by atoms with Gasteiger partial charge in [-0.15, -0.1) is 0 Å². The second-order valence-corrected chi connectivity index (χ2v) is 5.90. The van der Waals surface area contributed by atoms with Gasteiger partial charge in [-0.3, -0.25) is 4.79 Å². The number of rotatable bonds is 7. The highest BCUT2D eigenvalue weighted by atomic mass is 16.5. The molecule has 0 heterocycles. The molecule has 0 aliphatic rings. The molecule has 0 saturated heterocycles. The van der Waals surface area contributed by atoms with E-state index in [-0.39, 0.29) is 5.91 Å². The van der Waals surface area contributed by atoms with E-state index in [1.807, 2.05) is 32.1 Å². The SMILES string of the molecule is C=C(/C=C\C=C(/C)CC)C(=O)NC(C)=Nc1cc(OC)c(OC)cc1C. The molecule has 0 fully saturated rings. The fraction of sp³-hybridized carbons (Fsp3) is 0.333. The number of aryl methyl sites for hydroxylation is 1. The van der Waals surface area contributed by atoms with Crippen LogP contribution in [0, 0.1) is 6.92 Å². The molecule has 1 aromatic rings. The van der Waals surface area contributed by atoms with Gasteiger partial charge < -0.3 is 14.8 Å². The predicted octanol–water partition coefficient (Wildman–Crippen LogP) is 4.65. The number of hydrogen-bond acceptors (Lipinski definition) is 4. The highest BCUT2D eigenvalue weighted by Crippen LogP contribution is 2.34. The molecule has 0 atom stereocenters. The summed E-state index contributed by atoms with van der Waals surface area (Å²) in [4.78, 5) is 16.6. The van der Waals surface area contributed by atoms with Crippen LogP contribution in [0.1, 0.15) is 32.8 Å². The predicted molar refractivity (Wildman–Crippen MR) is 108 cm³/mol. The lowest BCUT2D eigenvalue weighted by molar-refractivity contribution is -0.115. The summed E-state index contributed by atoms with van der Waals surface area (Å²) in [5.41, 5.74) is 3.21. The Morgan fingerprint density at radius 2 is 1.85 bits per heavy atom. The number of hydrogen-bond donors (Lipinski definition) is 1. The molecule has 1 amide bonds. The van der Waals surface area contributed by atoms with E-state index in [1.165, 1.54) is 5.57 Å². The van der Waals surface area contributed by atoms with Crippen LogP contribution in [0.25, 0.3) is 0 Å². The summed E-state index contributed by atoms with van der Waals surface area (Å²) in [6, 6.07) is 3.62. The molecule has 0 bridgehead atoms. The fourth-order valence-electron chi connectivity index (χ4n) is 2.07. The molecule has 1 N–H and O–H groups in total. The number of benzene rings is 1. The van der Waals surface area contributed by atoms with Crippen molar-refractivity contribution in [2.45, 2.75) is 34.1 Å². The van der Waals surface area contributed by atoms with Crippen LogP contribution in [0.2, 0.25) is 0 Å². The second kappa shape index (κ2) is 10.2. The van der Waals surface area contributed by atoms with Crippen LogP contribution in [0.15, 0.2) is 53.1 Å². The number of aliphatic imine (C=N–C) groups is 1. The van der Waals surface area contributed by atoms with Gasteiger partial charge in [-0.05, 0) is 38.8 Å². The molecule has 5 heteroatoms. The molecule has 0 radical (unpaired) electrons. The Hall–Kier alpha value is -2.82. The van der Waals surface area contributed by atoms with Crippen LogP contribution in [0.3, 0.4) is 0 Å². The monoisotopic (exact) mass is 356 g/mol. The number of ether oxygens (including phenoxy) is 2. The Morgan fingerprint density at radius 1 is 1.23 bits per heavy atom. The van der Waals surface area contributed by atoms with Gasteiger partial charge >= 0.3 is 0 Å². The number of methoxy groups -OCH3 is 2. The van der Waals surface area contributed by atoms with E-state index in [0.29, 0.717) is 28.6 Å². The molecule has 1 aromatic carbocycles. The largest absolute Gasteiger partial charge is 0.493 e. The lowest BCUT2D eigenvalue weighted by Crippen LogP contribution is -2.28. The van der Waals surface area contributed by atoms with Gasteiger partial charge in [-0.25, -0.2) is 4.99 Å². The minimum Gasteiger partial charge on any atom is -0.493 e. The summed E-state index contributed by atoms with van der Waals surface area (Å²) < 4.78 is 10.6. The van der Waals surface area contributed by atoms with Gasteiger partial charge in [0, 0.05) is 11.6 Å². The van der Waals surface area contributed by atoms with Crippen LogP contribution in [-0.4, -0.2) is 26.0 Å². The third-order valence-corrected chi connectivity index (χ3v) is 3.81. The van der Waals surface area contributed by atoms with E-state index in [9.17, 15) is 4.79 Å². The molecule has 0 saturated carbocycles. The lowest BCUT2D eigenvalue weighted by atomic mass is 10.2. The third kappa shape index (κ3) is 6.24. The topological polar surface area (TPSA) is 59.9 Å². The number of amides is 1. The number of nitrogens with zero attached hydrogens (tertiary/aromatic N) is 1. The molecule has 140 valence electrons. The summed E-state index contributed by atoms with van der Waals surface area (Å²) in [6.07, 6.45) is 6.45. The average Bonchev–Trinajstić information content (AvgIpc) is 2.62. The Bertz CT molecular complexity index is 759. The van der Waals surface area contributed by atoms with Crippen molar-refractivity contribution in [3.63, 3.8) is 0 Å². The van der Waals surface area contributed by atoms with Crippen molar-refractivity contribution in [1.82, 2.24) is 5.32 Å². The molecule has 0 aliphatic heterocycles. The van der Waals surface area contributed by atoms with Crippen molar-refractivity contribution in [2.75, 3.05) is 14.2 Å². The second-order valence-electron chi connectivity index (χ2n) is 5.90. The Balaban J connectivity index is 2.88. The maximum absolute atomic E-state index is 12.2. The molecule has 26 heavy (non-hydrogen) atoms. The molecular formula is C21H28N2O3. The van der Waals surface area contributed by atoms with Crippen LogP contribution in [-0.2, 0) is 4.79 Å². The first-order valence-electron chi connectivity index (χ1n) is 8.44. The Morgan fingerprint density at radius 3 is 2.42 bits per heavy atom. The maximum Gasteiger partial charge on any atom is 0.255 e. The van der Waals surface area contributed by atoms with E-state index in [0.717, 1.165) is 12.0 Å². The average molecular weight is 356 g/mol. The van der Waals surface area contributed by atoms with Crippen molar-refractivity contribution in [2.24, 2.45) is 4.99 Å². The lowest BCUT2D eigenvalue weighted by Gasteiger charge is -2.11.